The lowest BCUT2D eigenvalue weighted by atomic mass is 9.91. The van der Waals surface area contributed by atoms with Gasteiger partial charge in [-0.1, -0.05) is 115 Å². The van der Waals surface area contributed by atoms with Crippen molar-refractivity contribution in [2.24, 2.45) is 0 Å². The summed E-state index contributed by atoms with van der Waals surface area (Å²) in [4.78, 5) is 4.95. The number of pyridine rings is 1. The average Bonchev–Trinajstić information content (AvgIpc) is 3.15. The Morgan fingerprint density at radius 1 is 0.250 bits per heavy atom. The molecule has 0 fully saturated rings. The van der Waals surface area contributed by atoms with Crippen LogP contribution in [-0.4, -0.2) is 4.98 Å². The van der Waals surface area contributed by atoms with Crippen LogP contribution in [0.25, 0.3) is 109 Å². The molecule has 1 aromatic heterocycles. The maximum Gasteiger partial charge on any atom is 0.0702 e. The van der Waals surface area contributed by atoms with Crippen molar-refractivity contribution < 1.29 is 0 Å². The number of fused-ring (bicyclic) bond motifs is 1. The Bertz CT molecular complexity index is 2910. The van der Waals surface area contributed by atoms with Crippen molar-refractivity contribution in [2.75, 3.05) is 0 Å². The first-order valence-corrected chi connectivity index (χ1v) is 16.6. The third-order valence-corrected chi connectivity index (χ3v) is 10.5. The molecule has 1 nitrogen and oxygen atoms in total. The molecule has 0 saturated heterocycles. The summed E-state index contributed by atoms with van der Waals surface area (Å²) < 4.78 is 0. The summed E-state index contributed by atoms with van der Waals surface area (Å²) >= 11 is 0. The first kappa shape index (κ1) is 25.8. The van der Waals surface area contributed by atoms with Gasteiger partial charge in [0, 0.05) is 17.3 Å². The van der Waals surface area contributed by atoms with Crippen molar-refractivity contribution in [3.8, 4) is 33.5 Å². The van der Waals surface area contributed by atoms with E-state index >= 15 is 0 Å². The average molecular weight is 606 g/mol. The molecule has 1 heteroatoms. The number of aromatic nitrogens is 1. The predicted octanol–water partition coefficient (Wildman–Crippen LogP) is 13.0. The fraction of sp³-hybridized carbons (Fsp3) is 0. The Hall–Kier alpha value is -6.31. The molecule has 1 heterocycles. The maximum atomic E-state index is 4.95. The second kappa shape index (κ2) is 9.61. The zero-order valence-corrected chi connectivity index (χ0v) is 26.0. The lowest BCUT2D eigenvalue weighted by molar-refractivity contribution is 1.33. The van der Waals surface area contributed by atoms with Gasteiger partial charge in [-0.15, -0.1) is 0 Å². The van der Waals surface area contributed by atoms with Gasteiger partial charge in [0.25, 0.3) is 0 Å². The van der Waals surface area contributed by atoms with E-state index in [4.69, 9.17) is 4.98 Å². The molecule has 11 aromatic rings. The van der Waals surface area contributed by atoms with Gasteiger partial charge in [0.2, 0.25) is 0 Å². The van der Waals surface area contributed by atoms with Crippen LogP contribution in [0.1, 0.15) is 0 Å². The lowest BCUT2D eigenvalue weighted by Gasteiger charge is -2.13. The second-order valence-electron chi connectivity index (χ2n) is 13.2. The molecule has 11 rings (SSSR count). The first-order chi connectivity index (χ1) is 23.7. The van der Waals surface area contributed by atoms with Gasteiger partial charge in [-0.3, -0.25) is 4.98 Å². The smallest absolute Gasteiger partial charge is 0.0702 e. The standard InChI is InChI=1S/C47H27N/c1-3-28-7-15-36-23-41(24-37-16-8-29(4-1)44(28)46(36)37)35-14-12-32-21-34(13-11-33(32)22-35)40-19-20-43(48-27-40)42-25-38-17-9-30-5-2-6-31-10-18-39(26-42)47(38)45(30)31/h1-27H. The van der Waals surface area contributed by atoms with Gasteiger partial charge < -0.3 is 0 Å². The predicted molar refractivity (Wildman–Crippen MR) is 205 cm³/mol. The second-order valence-corrected chi connectivity index (χ2v) is 13.2. The van der Waals surface area contributed by atoms with Crippen LogP contribution in [0.15, 0.2) is 164 Å². The molecule has 0 saturated carbocycles. The molecule has 220 valence electrons. The Morgan fingerprint density at radius 2 is 0.604 bits per heavy atom. The number of rotatable bonds is 3. The summed E-state index contributed by atoms with van der Waals surface area (Å²) in [5, 5.41) is 18.2. The van der Waals surface area contributed by atoms with Gasteiger partial charge in [-0.2, -0.15) is 0 Å². The molecule has 48 heavy (non-hydrogen) atoms. The normalized spacial score (nSPS) is 12.2. The minimum atomic E-state index is 0.989. The molecule has 0 aliphatic carbocycles. The third kappa shape index (κ3) is 3.76. The third-order valence-electron chi connectivity index (χ3n) is 10.5. The summed E-state index contributed by atoms with van der Waals surface area (Å²) in [5.74, 6) is 0. The van der Waals surface area contributed by atoms with Crippen LogP contribution in [0.3, 0.4) is 0 Å². The zero-order chi connectivity index (χ0) is 31.3. The van der Waals surface area contributed by atoms with Crippen LogP contribution in [0.2, 0.25) is 0 Å². The molecule has 0 bridgehead atoms. The lowest BCUT2D eigenvalue weighted by Crippen LogP contribution is -1.88. The topological polar surface area (TPSA) is 12.9 Å². The van der Waals surface area contributed by atoms with Crippen LogP contribution >= 0.6 is 0 Å². The van der Waals surface area contributed by atoms with E-state index in [1.54, 1.807) is 0 Å². The Balaban J connectivity index is 0.935. The van der Waals surface area contributed by atoms with Crippen LogP contribution < -0.4 is 0 Å². The van der Waals surface area contributed by atoms with E-state index in [1.165, 1.54) is 92.1 Å². The van der Waals surface area contributed by atoms with Gasteiger partial charge in [-0.05, 0) is 135 Å². The molecule has 0 radical (unpaired) electrons. The van der Waals surface area contributed by atoms with Crippen molar-refractivity contribution in [3.05, 3.63) is 164 Å². The van der Waals surface area contributed by atoms with Crippen molar-refractivity contribution in [3.63, 3.8) is 0 Å². The molecule has 0 unspecified atom stereocenters. The Labute approximate surface area is 277 Å². The quantitative estimate of drug-likeness (QED) is 0.183. The van der Waals surface area contributed by atoms with Crippen molar-refractivity contribution in [1.82, 2.24) is 4.98 Å². The van der Waals surface area contributed by atoms with Gasteiger partial charge in [0.05, 0.1) is 5.69 Å². The van der Waals surface area contributed by atoms with Crippen molar-refractivity contribution >= 4 is 75.4 Å². The van der Waals surface area contributed by atoms with E-state index in [0.717, 1.165) is 16.8 Å². The van der Waals surface area contributed by atoms with Crippen LogP contribution in [0.4, 0.5) is 0 Å². The number of nitrogens with zero attached hydrogens (tertiary/aromatic N) is 1. The summed E-state index contributed by atoms with van der Waals surface area (Å²) in [6, 6.07) is 58.3. The fourth-order valence-electron chi connectivity index (χ4n) is 8.16. The van der Waals surface area contributed by atoms with E-state index < -0.39 is 0 Å². The number of hydrogen-bond acceptors (Lipinski definition) is 1. The number of benzene rings is 10. The van der Waals surface area contributed by atoms with E-state index in [1.807, 2.05) is 6.20 Å². The SMILES string of the molecule is c1cc2ccc3cc(-c4ccc5cc(-c6ccc(-c7cc8ccc9cccc%10ccc(c7)c8c9%10)nc6)ccc5c4)cc4ccc(c1)c2c34. The highest BCUT2D eigenvalue weighted by Crippen LogP contribution is 2.39. The van der Waals surface area contributed by atoms with E-state index in [2.05, 4.69) is 158 Å². The molecular weight excluding hydrogens is 579 g/mol. The largest absolute Gasteiger partial charge is 0.256 e. The fourth-order valence-corrected chi connectivity index (χ4v) is 8.16. The summed E-state index contributed by atoms with van der Waals surface area (Å²) in [6.45, 7) is 0. The zero-order valence-electron chi connectivity index (χ0n) is 26.0. The van der Waals surface area contributed by atoms with Crippen molar-refractivity contribution in [1.29, 1.82) is 0 Å². The molecule has 10 aromatic carbocycles. The molecule has 0 aliphatic rings. The molecule has 0 amide bonds. The van der Waals surface area contributed by atoms with Gasteiger partial charge in [0.15, 0.2) is 0 Å². The van der Waals surface area contributed by atoms with E-state index in [-0.39, 0.29) is 0 Å². The summed E-state index contributed by atoms with van der Waals surface area (Å²) in [6.07, 6.45) is 2.01. The molecular formula is C47H27N. The van der Waals surface area contributed by atoms with Gasteiger partial charge >= 0.3 is 0 Å². The highest BCUT2D eigenvalue weighted by Gasteiger charge is 2.13. The van der Waals surface area contributed by atoms with E-state index in [0.29, 0.717) is 0 Å². The minimum absolute atomic E-state index is 0.989. The summed E-state index contributed by atoms with van der Waals surface area (Å²) in [7, 11) is 0. The minimum Gasteiger partial charge on any atom is -0.256 e. The highest BCUT2D eigenvalue weighted by atomic mass is 14.7. The van der Waals surface area contributed by atoms with Crippen LogP contribution in [-0.2, 0) is 0 Å². The molecule has 0 aliphatic heterocycles. The molecule has 0 spiro atoms. The van der Waals surface area contributed by atoms with Crippen LogP contribution in [0, 0.1) is 0 Å². The Morgan fingerprint density at radius 3 is 1.06 bits per heavy atom. The summed E-state index contributed by atoms with van der Waals surface area (Å²) in [5.41, 5.74) is 6.91. The Kier molecular flexibility index (Phi) is 5.17. The van der Waals surface area contributed by atoms with E-state index in [9.17, 15) is 0 Å². The number of hydrogen-bond donors (Lipinski definition) is 0. The highest BCUT2D eigenvalue weighted by molar-refractivity contribution is 6.25. The van der Waals surface area contributed by atoms with Gasteiger partial charge in [-0.25, -0.2) is 0 Å². The van der Waals surface area contributed by atoms with Crippen LogP contribution in [0.5, 0.6) is 0 Å². The maximum absolute atomic E-state index is 4.95. The van der Waals surface area contributed by atoms with Crippen molar-refractivity contribution in [2.45, 2.75) is 0 Å². The van der Waals surface area contributed by atoms with Gasteiger partial charge in [0.1, 0.15) is 0 Å². The first-order valence-electron chi connectivity index (χ1n) is 16.6. The monoisotopic (exact) mass is 605 g/mol. The molecule has 0 N–H and O–H groups in total. The molecule has 0 atom stereocenters.